The first-order valence-electron chi connectivity index (χ1n) is 9.41. The summed E-state index contributed by atoms with van der Waals surface area (Å²) < 4.78 is 10.1. The van der Waals surface area contributed by atoms with Crippen LogP contribution < -0.4 is 5.32 Å². The Kier molecular flexibility index (Phi) is 8.43. The maximum absolute atomic E-state index is 11.7. The maximum atomic E-state index is 11.7. The molecule has 1 amide bonds. The van der Waals surface area contributed by atoms with Crippen LogP contribution in [0.2, 0.25) is 0 Å². The van der Waals surface area contributed by atoms with Crippen LogP contribution in [0.4, 0.5) is 4.79 Å². The van der Waals surface area contributed by atoms with Crippen molar-refractivity contribution in [3.63, 3.8) is 0 Å². The van der Waals surface area contributed by atoms with E-state index < -0.39 is 12.1 Å². The van der Waals surface area contributed by atoms with Gasteiger partial charge in [-0.3, -0.25) is 0 Å². The molecule has 2 aromatic rings. The Bertz CT molecular complexity index is 827. The minimum atomic E-state index is -0.558. The molecule has 0 saturated heterocycles. The molecule has 2 aromatic carbocycles. The molecule has 0 aromatic heterocycles. The van der Waals surface area contributed by atoms with Crippen molar-refractivity contribution in [1.29, 1.82) is 0 Å². The second-order valence-electron chi connectivity index (χ2n) is 7.05. The van der Waals surface area contributed by atoms with Gasteiger partial charge in [-0.1, -0.05) is 55.1 Å². The molecule has 154 valence electrons. The lowest BCUT2D eigenvalue weighted by Crippen LogP contribution is -2.28. The van der Waals surface area contributed by atoms with Crippen LogP contribution in [-0.2, 0) is 27.4 Å². The molecule has 0 spiro atoms. The van der Waals surface area contributed by atoms with E-state index in [9.17, 15) is 9.59 Å². The molecule has 0 fully saturated rings. The van der Waals surface area contributed by atoms with Crippen LogP contribution in [0, 0.1) is 0 Å². The summed E-state index contributed by atoms with van der Waals surface area (Å²) in [7, 11) is 4.10. The molecule has 6 nitrogen and oxygen atoms in total. The number of nitrogens with one attached hydrogen (secondary N) is 1. The summed E-state index contributed by atoms with van der Waals surface area (Å²) in [4.78, 5) is 25.0. The van der Waals surface area contributed by atoms with Crippen molar-refractivity contribution in [3.05, 3.63) is 71.8 Å². The van der Waals surface area contributed by atoms with Crippen LogP contribution in [0.1, 0.15) is 18.1 Å². The van der Waals surface area contributed by atoms with Crippen molar-refractivity contribution in [1.82, 2.24) is 10.2 Å². The average Bonchev–Trinajstić information content (AvgIpc) is 2.70. The van der Waals surface area contributed by atoms with Crippen molar-refractivity contribution in [3.8, 4) is 11.1 Å². The smallest absolute Gasteiger partial charge is 0.407 e. The lowest BCUT2D eigenvalue weighted by atomic mass is 10.0. The summed E-state index contributed by atoms with van der Waals surface area (Å²) in [5.41, 5.74) is 4.72. The van der Waals surface area contributed by atoms with Gasteiger partial charge in [-0.2, -0.15) is 0 Å². The third-order valence-electron chi connectivity index (χ3n) is 4.06. The Balaban J connectivity index is 1.76. The van der Waals surface area contributed by atoms with E-state index in [0.29, 0.717) is 5.57 Å². The van der Waals surface area contributed by atoms with Gasteiger partial charge in [0, 0.05) is 12.1 Å². The normalized spacial score (nSPS) is 10.5. The van der Waals surface area contributed by atoms with E-state index in [1.165, 1.54) is 5.56 Å². The first kappa shape index (κ1) is 22.2. The Labute approximate surface area is 172 Å². The van der Waals surface area contributed by atoms with Gasteiger partial charge in [-0.25, -0.2) is 9.59 Å². The lowest BCUT2D eigenvalue weighted by molar-refractivity contribution is -0.138. The highest BCUT2D eigenvalue weighted by atomic mass is 16.6. The number of esters is 1. The number of rotatable bonds is 9. The third-order valence-corrected chi connectivity index (χ3v) is 4.06. The fourth-order valence-corrected chi connectivity index (χ4v) is 2.58. The quantitative estimate of drug-likeness (QED) is 0.397. The van der Waals surface area contributed by atoms with Gasteiger partial charge < -0.3 is 19.7 Å². The number of nitrogens with zero attached hydrogens (tertiary/aromatic N) is 1. The summed E-state index contributed by atoms with van der Waals surface area (Å²) in [5.74, 6) is -0.479. The molecule has 0 atom stereocenters. The number of hydrogen-bond donors (Lipinski definition) is 1. The molecule has 1 N–H and O–H groups in total. The summed E-state index contributed by atoms with van der Waals surface area (Å²) in [5, 5.41) is 2.53. The molecule has 0 aliphatic rings. The van der Waals surface area contributed by atoms with Crippen LogP contribution >= 0.6 is 0 Å². The Morgan fingerprint density at radius 2 is 1.48 bits per heavy atom. The van der Waals surface area contributed by atoms with Gasteiger partial charge in [0.1, 0.15) is 13.2 Å². The predicted molar refractivity (Wildman–Crippen MR) is 113 cm³/mol. The molecule has 0 aliphatic heterocycles. The molecule has 0 unspecified atom stereocenters. The van der Waals surface area contributed by atoms with E-state index in [2.05, 4.69) is 41.1 Å². The monoisotopic (exact) mass is 396 g/mol. The number of carbonyl (C=O) groups is 2. The van der Waals surface area contributed by atoms with E-state index in [4.69, 9.17) is 9.47 Å². The Hall–Kier alpha value is -3.12. The van der Waals surface area contributed by atoms with Crippen LogP contribution in [0.5, 0.6) is 0 Å². The fourth-order valence-electron chi connectivity index (χ4n) is 2.58. The molecule has 0 heterocycles. The highest BCUT2D eigenvalue weighted by molar-refractivity contribution is 5.86. The number of ether oxygens (including phenoxy) is 2. The van der Waals surface area contributed by atoms with Crippen LogP contribution in [0.3, 0.4) is 0 Å². The van der Waals surface area contributed by atoms with Gasteiger partial charge in [0.2, 0.25) is 0 Å². The van der Waals surface area contributed by atoms with E-state index in [1.807, 2.05) is 38.4 Å². The molecular formula is C23H28N2O4. The van der Waals surface area contributed by atoms with Gasteiger partial charge in [0.15, 0.2) is 0 Å². The SMILES string of the molecule is C=C(C)C(=O)OCCNC(=O)OCc1ccc(-c2ccc(CN(C)C)cc2)cc1. The molecule has 0 bridgehead atoms. The highest BCUT2D eigenvalue weighted by Crippen LogP contribution is 2.21. The molecule has 6 heteroatoms. The molecule has 2 rings (SSSR count). The summed E-state index contributed by atoms with van der Waals surface area (Å²) in [6.45, 7) is 6.38. The number of hydrogen-bond acceptors (Lipinski definition) is 5. The van der Waals surface area contributed by atoms with Crippen molar-refractivity contribution in [2.45, 2.75) is 20.1 Å². The Morgan fingerprint density at radius 3 is 2.00 bits per heavy atom. The van der Waals surface area contributed by atoms with Crippen molar-refractivity contribution in [2.24, 2.45) is 0 Å². The molecule has 29 heavy (non-hydrogen) atoms. The van der Waals surface area contributed by atoms with E-state index >= 15 is 0 Å². The first-order chi connectivity index (χ1) is 13.8. The standard InChI is InChI=1S/C23H28N2O4/c1-17(2)22(26)28-14-13-24-23(27)29-16-19-7-11-21(12-8-19)20-9-5-18(6-10-20)15-25(3)4/h5-12H,1,13-16H2,2-4H3,(H,24,27). The average molecular weight is 396 g/mol. The summed E-state index contributed by atoms with van der Waals surface area (Å²) in [6.07, 6.45) is -0.558. The number of alkyl carbamates (subject to hydrolysis) is 1. The van der Waals surface area contributed by atoms with Gasteiger partial charge in [-0.15, -0.1) is 0 Å². The van der Waals surface area contributed by atoms with E-state index in [-0.39, 0.29) is 19.8 Å². The second-order valence-corrected chi connectivity index (χ2v) is 7.05. The lowest BCUT2D eigenvalue weighted by Gasteiger charge is -2.11. The van der Waals surface area contributed by atoms with Crippen molar-refractivity contribution < 1.29 is 19.1 Å². The number of benzene rings is 2. The molecular weight excluding hydrogens is 368 g/mol. The number of amides is 1. The zero-order valence-corrected chi connectivity index (χ0v) is 17.2. The molecule has 0 radical (unpaired) electrons. The van der Waals surface area contributed by atoms with Gasteiger partial charge in [-0.05, 0) is 43.3 Å². The fraction of sp³-hybridized carbons (Fsp3) is 0.304. The van der Waals surface area contributed by atoms with Crippen molar-refractivity contribution in [2.75, 3.05) is 27.2 Å². The molecule has 0 aliphatic carbocycles. The third kappa shape index (κ3) is 7.79. The van der Waals surface area contributed by atoms with Crippen LogP contribution in [0.15, 0.2) is 60.7 Å². The van der Waals surface area contributed by atoms with Gasteiger partial charge in [0.25, 0.3) is 0 Å². The second kappa shape index (κ2) is 11.0. The minimum absolute atomic E-state index is 0.0722. The van der Waals surface area contributed by atoms with Gasteiger partial charge >= 0.3 is 12.1 Å². The highest BCUT2D eigenvalue weighted by Gasteiger charge is 2.06. The van der Waals surface area contributed by atoms with Crippen LogP contribution in [-0.4, -0.2) is 44.2 Å². The minimum Gasteiger partial charge on any atom is -0.460 e. The topological polar surface area (TPSA) is 67.9 Å². The summed E-state index contributed by atoms with van der Waals surface area (Å²) in [6, 6.07) is 16.4. The van der Waals surface area contributed by atoms with E-state index in [1.54, 1.807) is 6.92 Å². The summed E-state index contributed by atoms with van der Waals surface area (Å²) >= 11 is 0. The maximum Gasteiger partial charge on any atom is 0.407 e. The Morgan fingerprint density at radius 1 is 0.931 bits per heavy atom. The predicted octanol–water partition coefficient (Wildman–Crippen LogP) is 3.76. The van der Waals surface area contributed by atoms with Gasteiger partial charge in [0.05, 0.1) is 6.54 Å². The zero-order chi connectivity index (χ0) is 21.2. The largest absolute Gasteiger partial charge is 0.460 e. The van der Waals surface area contributed by atoms with E-state index in [0.717, 1.165) is 23.2 Å². The number of carbonyl (C=O) groups excluding carboxylic acids is 2. The first-order valence-corrected chi connectivity index (χ1v) is 9.41. The molecule has 0 saturated carbocycles. The zero-order valence-electron chi connectivity index (χ0n) is 17.2. The van der Waals surface area contributed by atoms with Crippen LogP contribution in [0.25, 0.3) is 11.1 Å². The van der Waals surface area contributed by atoms with Crippen molar-refractivity contribution >= 4 is 12.1 Å².